The lowest BCUT2D eigenvalue weighted by Gasteiger charge is -2.20. The smallest absolute Gasteiger partial charge is 0.274 e. The molecule has 0 aliphatic carbocycles. The van der Waals surface area contributed by atoms with E-state index >= 15 is 0 Å². The maximum absolute atomic E-state index is 12.3. The van der Waals surface area contributed by atoms with Crippen LogP contribution in [0.4, 0.5) is 11.6 Å². The van der Waals surface area contributed by atoms with Gasteiger partial charge in [0.1, 0.15) is 5.69 Å². The zero-order chi connectivity index (χ0) is 16.1. The van der Waals surface area contributed by atoms with E-state index < -0.39 is 0 Å². The summed E-state index contributed by atoms with van der Waals surface area (Å²) in [5, 5.41) is 3.45. The monoisotopic (exact) mass is 330 g/mol. The second kappa shape index (κ2) is 7.42. The third-order valence-electron chi connectivity index (χ3n) is 3.87. The lowest BCUT2D eigenvalue weighted by molar-refractivity contribution is 0.102. The Morgan fingerprint density at radius 1 is 1.04 bits per heavy atom. The van der Waals surface area contributed by atoms with Gasteiger partial charge in [-0.3, -0.25) is 4.79 Å². The topological polar surface area (TPSA) is 58.1 Å². The summed E-state index contributed by atoms with van der Waals surface area (Å²) in [4.78, 5) is 23.3. The van der Waals surface area contributed by atoms with Crippen LogP contribution in [0.25, 0.3) is 0 Å². The minimum Gasteiger partial charge on any atom is -0.341 e. The van der Waals surface area contributed by atoms with Crippen LogP contribution in [0.2, 0.25) is 5.02 Å². The lowest BCUT2D eigenvalue weighted by atomic mass is 10.2. The van der Waals surface area contributed by atoms with E-state index in [1.54, 1.807) is 36.5 Å². The number of hydrogen-bond acceptors (Lipinski definition) is 4. The van der Waals surface area contributed by atoms with Crippen LogP contribution in [0.5, 0.6) is 0 Å². The molecule has 1 saturated heterocycles. The van der Waals surface area contributed by atoms with E-state index in [1.807, 2.05) is 0 Å². The lowest BCUT2D eigenvalue weighted by Crippen LogP contribution is -2.27. The van der Waals surface area contributed by atoms with Gasteiger partial charge in [0.25, 0.3) is 5.91 Å². The maximum atomic E-state index is 12.3. The first-order chi connectivity index (χ1) is 11.2. The molecule has 0 bridgehead atoms. The summed E-state index contributed by atoms with van der Waals surface area (Å²) < 4.78 is 0. The number of carbonyl (C=O) groups is 1. The van der Waals surface area contributed by atoms with E-state index in [9.17, 15) is 4.79 Å². The van der Waals surface area contributed by atoms with Gasteiger partial charge in [-0.05, 0) is 43.2 Å². The molecule has 1 aliphatic rings. The molecule has 0 spiro atoms. The van der Waals surface area contributed by atoms with Crippen molar-refractivity contribution < 1.29 is 4.79 Å². The zero-order valence-corrected chi connectivity index (χ0v) is 13.6. The molecule has 0 radical (unpaired) electrons. The highest BCUT2D eigenvalue weighted by Crippen LogP contribution is 2.17. The van der Waals surface area contributed by atoms with Gasteiger partial charge in [-0.25, -0.2) is 9.97 Å². The maximum Gasteiger partial charge on any atom is 0.274 e. The first-order valence-electron chi connectivity index (χ1n) is 7.87. The highest BCUT2D eigenvalue weighted by molar-refractivity contribution is 6.30. The Balaban J connectivity index is 1.73. The normalized spacial score (nSPS) is 15.1. The molecule has 6 heteroatoms. The van der Waals surface area contributed by atoms with Crippen LogP contribution in [0.3, 0.4) is 0 Å². The molecule has 3 rings (SSSR count). The van der Waals surface area contributed by atoms with Crippen molar-refractivity contribution in [3.63, 3.8) is 0 Å². The number of rotatable bonds is 3. The molecular weight excluding hydrogens is 312 g/mol. The number of amides is 1. The predicted molar refractivity (Wildman–Crippen MR) is 92.1 cm³/mol. The molecule has 5 nitrogen and oxygen atoms in total. The van der Waals surface area contributed by atoms with Crippen molar-refractivity contribution in [2.24, 2.45) is 0 Å². The molecule has 1 aromatic carbocycles. The zero-order valence-electron chi connectivity index (χ0n) is 12.8. The fourth-order valence-corrected chi connectivity index (χ4v) is 2.75. The summed E-state index contributed by atoms with van der Waals surface area (Å²) in [6.07, 6.45) is 6.42. The third kappa shape index (κ3) is 4.20. The van der Waals surface area contributed by atoms with Crippen LogP contribution in [-0.4, -0.2) is 29.0 Å². The first kappa shape index (κ1) is 15.7. The number of nitrogens with one attached hydrogen (secondary N) is 1. The number of nitrogens with zero attached hydrogens (tertiary/aromatic N) is 3. The van der Waals surface area contributed by atoms with Gasteiger partial charge in [0.15, 0.2) is 0 Å². The van der Waals surface area contributed by atoms with Crippen LogP contribution < -0.4 is 10.2 Å². The van der Waals surface area contributed by atoms with Crippen LogP contribution >= 0.6 is 11.6 Å². The van der Waals surface area contributed by atoms with Crippen molar-refractivity contribution in [3.8, 4) is 0 Å². The highest BCUT2D eigenvalue weighted by Gasteiger charge is 2.15. The summed E-state index contributed by atoms with van der Waals surface area (Å²) in [7, 11) is 0. The standard InChI is InChI=1S/C17H19ClN4O/c18-13-5-7-14(8-6-13)20-16(23)15-9-10-19-17(21-15)22-11-3-1-2-4-12-22/h5-10H,1-4,11-12H2,(H,20,23). The van der Waals surface area contributed by atoms with Gasteiger partial charge < -0.3 is 10.2 Å². The summed E-state index contributed by atoms with van der Waals surface area (Å²) in [5.41, 5.74) is 1.06. The Kier molecular flexibility index (Phi) is 5.08. The first-order valence-corrected chi connectivity index (χ1v) is 8.25. The molecule has 2 aromatic rings. The van der Waals surface area contributed by atoms with Crippen LogP contribution in [0.15, 0.2) is 36.5 Å². The summed E-state index contributed by atoms with van der Waals surface area (Å²) in [6.45, 7) is 1.89. The number of halogens is 1. The molecule has 0 atom stereocenters. The average molecular weight is 331 g/mol. The van der Waals surface area contributed by atoms with Gasteiger partial charge in [-0.1, -0.05) is 24.4 Å². The van der Waals surface area contributed by atoms with E-state index in [1.165, 1.54) is 12.8 Å². The molecular formula is C17H19ClN4O. The van der Waals surface area contributed by atoms with Gasteiger partial charge in [-0.2, -0.15) is 0 Å². The Hall–Kier alpha value is -2.14. The molecule has 0 saturated carbocycles. The number of benzene rings is 1. The minimum absolute atomic E-state index is 0.245. The largest absolute Gasteiger partial charge is 0.341 e. The van der Waals surface area contributed by atoms with Crippen molar-refractivity contribution in [1.82, 2.24) is 9.97 Å². The van der Waals surface area contributed by atoms with E-state index in [2.05, 4.69) is 20.2 Å². The van der Waals surface area contributed by atoms with E-state index in [0.717, 1.165) is 25.9 Å². The van der Waals surface area contributed by atoms with Gasteiger partial charge in [0.05, 0.1) is 0 Å². The third-order valence-corrected chi connectivity index (χ3v) is 4.12. The van der Waals surface area contributed by atoms with Gasteiger partial charge >= 0.3 is 0 Å². The predicted octanol–water partition coefficient (Wildman–Crippen LogP) is 3.76. The van der Waals surface area contributed by atoms with Gasteiger partial charge in [0, 0.05) is 30.0 Å². The van der Waals surface area contributed by atoms with Gasteiger partial charge in [-0.15, -0.1) is 0 Å². The van der Waals surface area contributed by atoms with Crippen molar-refractivity contribution in [2.75, 3.05) is 23.3 Å². The molecule has 120 valence electrons. The molecule has 23 heavy (non-hydrogen) atoms. The minimum atomic E-state index is -0.245. The van der Waals surface area contributed by atoms with Crippen LogP contribution in [0, 0.1) is 0 Å². The van der Waals surface area contributed by atoms with Gasteiger partial charge in [0.2, 0.25) is 5.95 Å². The molecule has 2 heterocycles. The molecule has 1 aromatic heterocycles. The Morgan fingerprint density at radius 2 is 1.74 bits per heavy atom. The van der Waals surface area contributed by atoms with E-state index in [-0.39, 0.29) is 5.91 Å². The number of carbonyl (C=O) groups excluding carboxylic acids is 1. The van der Waals surface area contributed by atoms with E-state index in [0.29, 0.717) is 22.4 Å². The SMILES string of the molecule is O=C(Nc1ccc(Cl)cc1)c1ccnc(N2CCCCCC2)n1. The Bertz CT molecular complexity index is 667. The number of hydrogen-bond donors (Lipinski definition) is 1. The Morgan fingerprint density at radius 3 is 2.43 bits per heavy atom. The highest BCUT2D eigenvalue weighted by atomic mass is 35.5. The van der Waals surface area contributed by atoms with Crippen LogP contribution in [-0.2, 0) is 0 Å². The molecule has 0 unspecified atom stereocenters. The average Bonchev–Trinajstić information content (AvgIpc) is 2.86. The number of anilines is 2. The fourth-order valence-electron chi connectivity index (χ4n) is 2.63. The summed E-state index contributed by atoms with van der Waals surface area (Å²) in [6, 6.07) is 8.63. The number of aromatic nitrogens is 2. The van der Waals surface area contributed by atoms with E-state index in [4.69, 9.17) is 11.6 Å². The molecule has 1 N–H and O–H groups in total. The molecule has 1 aliphatic heterocycles. The molecule has 1 amide bonds. The second-order valence-corrected chi connectivity index (χ2v) is 6.04. The van der Waals surface area contributed by atoms with Crippen molar-refractivity contribution in [1.29, 1.82) is 0 Å². The Labute approximate surface area is 140 Å². The summed E-state index contributed by atoms with van der Waals surface area (Å²) >= 11 is 5.85. The second-order valence-electron chi connectivity index (χ2n) is 5.60. The summed E-state index contributed by atoms with van der Waals surface area (Å²) in [5.74, 6) is 0.390. The van der Waals surface area contributed by atoms with Crippen molar-refractivity contribution in [3.05, 3.63) is 47.2 Å². The van der Waals surface area contributed by atoms with Crippen LogP contribution in [0.1, 0.15) is 36.2 Å². The van der Waals surface area contributed by atoms with Crippen molar-refractivity contribution in [2.45, 2.75) is 25.7 Å². The fraction of sp³-hybridized carbons (Fsp3) is 0.353. The molecule has 1 fully saturated rings. The van der Waals surface area contributed by atoms with Crippen molar-refractivity contribution >= 4 is 29.1 Å². The quantitative estimate of drug-likeness (QED) is 0.930.